The molecule has 3 rings (SSSR count). The number of fused-ring (bicyclic) bond motifs is 1. The maximum atomic E-state index is 12.2. The highest BCUT2D eigenvalue weighted by Gasteiger charge is 2.13. The van der Waals surface area contributed by atoms with E-state index < -0.39 is 6.09 Å². The summed E-state index contributed by atoms with van der Waals surface area (Å²) in [5.41, 5.74) is 3.22. The first-order chi connectivity index (χ1) is 13.6. The van der Waals surface area contributed by atoms with Crippen molar-refractivity contribution in [2.24, 2.45) is 0 Å². The Hall–Kier alpha value is -3.54. The topological polar surface area (TPSA) is 76.7 Å². The molecule has 0 aromatic heterocycles. The highest BCUT2D eigenvalue weighted by atomic mass is 16.5. The predicted octanol–water partition coefficient (Wildman–Crippen LogP) is 4.62. The number of nitrogens with one attached hydrogen (secondary N) is 2. The van der Waals surface area contributed by atoms with Crippen LogP contribution in [0.25, 0.3) is 10.8 Å². The normalized spacial score (nSPS) is 10.4. The molecule has 0 unspecified atom stereocenters. The number of esters is 1. The van der Waals surface area contributed by atoms with Crippen molar-refractivity contribution in [2.45, 2.75) is 13.5 Å². The average Bonchev–Trinajstić information content (AvgIpc) is 2.72. The fraction of sp³-hybridized carbons (Fsp3) is 0.182. The lowest BCUT2D eigenvalue weighted by atomic mass is 10.0. The van der Waals surface area contributed by atoms with Crippen LogP contribution in [0.5, 0.6) is 0 Å². The quantitative estimate of drug-likeness (QED) is 0.612. The van der Waals surface area contributed by atoms with E-state index in [0.717, 1.165) is 27.7 Å². The van der Waals surface area contributed by atoms with Crippen LogP contribution in [0.2, 0.25) is 0 Å². The number of hydrogen-bond acceptors (Lipinski definition) is 5. The van der Waals surface area contributed by atoms with E-state index in [0.29, 0.717) is 18.7 Å². The summed E-state index contributed by atoms with van der Waals surface area (Å²) in [7, 11) is 1.33. The van der Waals surface area contributed by atoms with Crippen LogP contribution in [0, 0.1) is 0 Å². The Morgan fingerprint density at radius 2 is 1.75 bits per heavy atom. The minimum absolute atomic E-state index is 0.332. The SMILES string of the molecule is CCOC(=O)c1ccc(Nc2cccc(CNC(=O)OC)c2)c2ccccc12. The van der Waals surface area contributed by atoms with Gasteiger partial charge < -0.3 is 20.1 Å². The number of hydrogen-bond donors (Lipinski definition) is 2. The van der Waals surface area contributed by atoms with E-state index >= 15 is 0 Å². The lowest BCUT2D eigenvalue weighted by Gasteiger charge is -2.13. The van der Waals surface area contributed by atoms with Crippen LogP contribution in [-0.2, 0) is 16.0 Å². The first kappa shape index (κ1) is 19.2. The van der Waals surface area contributed by atoms with E-state index in [1.807, 2.05) is 54.6 Å². The maximum absolute atomic E-state index is 12.2. The fourth-order valence-corrected chi connectivity index (χ4v) is 2.96. The van der Waals surface area contributed by atoms with Crippen molar-refractivity contribution in [1.82, 2.24) is 5.32 Å². The van der Waals surface area contributed by atoms with Gasteiger partial charge >= 0.3 is 12.1 Å². The Morgan fingerprint density at radius 3 is 2.50 bits per heavy atom. The molecule has 144 valence electrons. The number of amides is 1. The zero-order chi connectivity index (χ0) is 19.9. The van der Waals surface area contributed by atoms with Gasteiger partial charge in [0.25, 0.3) is 0 Å². The van der Waals surface area contributed by atoms with E-state index in [9.17, 15) is 9.59 Å². The monoisotopic (exact) mass is 378 g/mol. The highest BCUT2D eigenvalue weighted by Crippen LogP contribution is 2.30. The zero-order valence-electron chi connectivity index (χ0n) is 15.8. The van der Waals surface area contributed by atoms with Crippen molar-refractivity contribution < 1.29 is 19.1 Å². The van der Waals surface area contributed by atoms with Crippen molar-refractivity contribution in [3.8, 4) is 0 Å². The third-order valence-corrected chi connectivity index (χ3v) is 4.25. The van der Waals surface area contributed by atoms with Gasteiger partial charge in [0.05, 0.1) is 19.3 Å². The molecule has 0 aliphatic carbocycles. The maximum Gasteiger partial charge on any atom is 0.407 e. The Balaban J connectivity index is 1.88. The van der Waals surface area contributed by atoms with Gasteiger partial charge in [-0.15, -0.1) is 0 Å². The molecule has 2 N–H and O–H groups in total. The molecule has 0 fully saturated rings. The zero-order valence-corrected chi connectivity index (χ0v) is 15.8. The van der Waals surface area contributed by atoms with Crippen LogP contribution in [-0.4, -0.2) is 25.8 Å². The summed E-state index contributed by atoms with van der Waals surface area (Å²) in [6, 6.07) is 19.0. The first-order valence-corrected chi connectivity index (χ1v) is 8.99. The summed E-state index contributed by atoms with van der Waals surface area (Å²) in [4.78, 5) is 23.5. The Morgan fingerprint density at radius 1 is 0.964 bits per heavy atom. The number of anilines is 2. The molecule has 0 radical (unpaired) electrons. The summed E-state index contributed by atoms with van der Waals surface area (Å²) < 4.78 is 9.75. The van der Waals surface area contributed by atoms with E-state index in [1.165, 1.54) is 7.11 Å². The molecule has 0 saturated heterocycles. The summed E-state index contributed by atoms with van der Waals surface area (Å²) in [5, 5.41) is 7.80. The highest BCUT2D eigenvalue weighted by molar-refractivity contribution is 6.08. The van der Waals surface area contributed by atoms with Gasteiger partial charge in [-0.05, 0) is 42.1 Å². The second kappa shape index (κ2) is 8.90. The molecular weight excluding hydrogens is 356 g/mol. The Labute approximate surface area is 163 Å². The summed E-state index contributed by atoms with van der Waals surface area (Å²) in [5.74, 6) is -0.332. The second-order valence-corrected chi connectivity index (χ2v) is 6.10. The first-order valence-electron chi connectivity index (χ1n) is 8.99. The molecular formula is C22H22N2O4. The predicted molar refractivity (Wildman–Crippen MR) is 109 cm³/mol. The van der Waals surface area contributed by atoms with Crippen LogP contribution >= 0.6 is 0 Å². The lowest BCUT2D eigenvalue weighted by molar-refractivity contribution is 0.0528. The van der Waals surface area contributed by atoms with E-state index in [4.69, 9.17) is 4.74 Å². The summed E-state index contributed by atoms with van der Waals surface area (Å²) >= 11 is 0. The minimum atomic E-state index is -0.473. The molecule has 1 amide bonds. The Bertz CT molecular complexity index is 1000. The van der Waals surface area contributed by atoms with Crippen molar-refractivity contribution in [1.29, 1.82) is 0 Å². The fourth-order valence-electron chi connectivity index (χ4n) is 2.96. The van der Waals surface area contributed by atoms with Gasteiger partial charge in [-0.25, -0.2) is 9.59 Å². The van der Waals surface area contributed by atoms with Gasteiger partial charge in [0.1, 0.15) is 0 Å². The number of methoxy groups -OCH3 is 1. The van der Waals surface area contributed by atoms with Crippen molar-refractivity contribution in [2.75, 3.05) is 19.0 Å². The van der Waals surface area contributed by atoms with Gasteiger partial charge in [-0.3, -0.25) is 0 Å². The van der Waals surface area contributed by atoms with Crippen molar-refractivity contribution in [3.63, 3.8) is 0 Å². The average molecular weight is 378 g/mol. The molecule has 0 spiro atoms. The number of benzene rings is 3. The smallest absolute Gasteiger partial charge is 0.407 e. The molecule has 28 heavy (non-hydrogen) atoms. The molecule has 3 aromatic rings. The third kappa shape index (κ3) is 4.40. The standard InChI is InChI=1S/C22H22N2O4/c1-3-28-21(25)19-11-12-20(18-10-5-4-9-17(18)19)24-16-8-6-7-15(13-16)14-23-22(26)27-2/h4-13,24H,3,14H2,1-2H3,(H,23,26). The largest absolute Gasteiger partial charge is 0.462 e. The van der Waals surface area contributed by atoms with Gasteiger partial charge in [0, 0.05) is 23.3 Å². The number of carbonyl (C=O) groups is 2. The van der Waals surface area contributed by atoms with Gasteiger partial charge in [-0.1, -0.05) is 36.4 Å². The van der Waals surface area contributed by atoms with E-state index in [2.05, 4.69) is 15.4 Å². The van der Waals surface area contributed by atoms with Crippen LogP contribution in [0.1, 0.15) is 22.8 Å². The van der Waals surface area contributed by atoms with Crippen LogP contribution < -0.4 is 10.6 Å². The molecule has 6 heteroatoms. The van der Waals surface area contributed by atoms with Crippen molar-refractivity contribution in [3.05, 3.63) is 71.8 Å². The molecule has 0 atom stereocenters. The van der Waals surface area contributed by atoms with Crippen LogP contribution in [0.4, 0.5) is 16.2 Å². The Kier molecular flexibility index (Phi) is 6.11. The van der Waals surface area contributed by atoms with Gasteiger partial charge in [0.15, 0.2) is 0 Å². The molecule has 3 aromatic carbocycles. The third-order valence-electron chi connectivity index (χ3n) is 4.25. The number of rotatable bonds is 6. The minimum Gasteiger partial charge on any atom is -0.462 e. The summed E-state index contributed by atoms with van der Waals surface area (Å²) in [6.45, 7) is 2.49. The molecule has 0 aliphatic heterocycles. The van der Waals surface area contributed by atoms with Crippen LogP contribution in [0.3, 0.4) is 0 Å². The summed E-state index contributed by atoms with van der Waals surface area (Å²) in [6.07, 6.45) is -0.473. The van der Waals surface area contributed by atoms with E-state index in [1.54, 1.807) is 13.0 Å². The van der Waals surface area contributed by atoms with E-state index in [-0.39, 0.29) is 5.97 Å². The van der Waals surface area contributed by atoms with Crippen molar-refractivity contribution >= 4 is 34.2 Å². The number of carbonyl (C=O) groups excluding carboxylic acids is 2. The molecule has 6 nitrogen and oxygen atoms in total. The molecule has 0 saturated carbocycles. The van der Waals surface area contributed by atoms with Gasteiger partial charge in [-0.2, -0.15) is 0 Å². The molecule has 0 aliphatic rings. The van der Waals surface area contributed by atoms with Gasteiger partial charge in [0.2, 0.25) is 0 Å². The number of ether oxygens (including phenoxy) is 2. The second-order valence-electron chi connectivity index (χ2n) is 6.10. The number of alkyl carbamates (subject to hydrolysis) is 1. The molecule has 0 bridgehead atoms. The lowest BCUT2D eigenvalue weighted by Crippen LogP contribution is -2.22. The molecule has 0 heterocycles. The van der Waals surface area contributed by atoms with Crippen LogP contribution in [0.15, 0.2) is 60.7 Å².